The molecule has 0 aromatic carbocycles. The summed E-state index contributed by atoms with van der Waals surface area (Å²) in [6, 6.07) is 0. The van der Waals surface area contributed by atoms with Crippen molar-refractivity contribution < 1.29 is 18.3 Å². The number of hydrogen-bond acceptors (Lipinski definition) is 2. The maximum atomic E-state index is 13.0. The Balaban J connectivity index is 2.22. The van der Waals surface area contributed by atoms with Crippen LogP contribution >= 0.6 is 0 Å². The van der Waals surface area contributed by atoms with Crippen LogP contribution in [0.25, 0.3) is 0 Å². The Hall–Kier alpha value is -1.04. The van der Waals surface area contributed by atoms with E-state index in [-0.39, 0.29) is 6.42 Å². The van der Waals surface area contributed by atoms with Gasteiger partial charge in [-0.1, -0.05) is 12.8 Å². The standard InChI is InChI=1S/C12H17F3N2O/c1-17-7-6-16-11(17)10(18)8-4-2-3-5-9(8)12(13,14)15/h6-10,18H,2-5H2,1H3. The van der Waals surface area contributed by atoms with Gasteiger partial charge in [-0.05, 0) is 12.8 Å². The fraction of sp³-hybridized carbons (Fsp3) is 0.750. The number of aryl methyl sites for hydroxylation is 1. The number of aliphatic hydroxyl groups excluding tert-OH is 1. The average molecular weight is 262 g/mol. The second kappa shape index (κ2) is 4.91. The molecular formula is C12H17F3N2O. The molecule has 0 radical (unpaired) electrons. The molecule has 18 heavy (non-hydrogen) atoms. The highest BCUT2D eigenvalue weighted by Crippen LogP contribution is 2.46. The number of alkyl halides is 3. The van der Waals surface area contributed by atoms with Crippen LogP contribution in [-0.4, -0.2) is 20.8 Å². The molecular weight excluding hydrogens is 245 g/mol. The molecule has 1 saturated carbocycles. The van der Waals surface area contributed by atoms with Crippen molar-refractivity contribution in [3.05, 3.63) is 18.2 Å². The quantitative estimate of drug-likeness (QED) is 0.890. The Bertz CT molecular complexity index is 402. The highest BCUT2D eigenvalue weighted by atomic mass is 19.4. The molecule has 0 spiro atoms. The number of nitrogens with zero attached hydrogens (tertiary/aromatic N) is 2. The van der Waals surface area contributed by atoms with Crippen LogP contribution in [-0.2, 0) is 7.05 Å². The molecule has 1 aliphatic rings. The zero-order valence-corrected chi connectivity index (χ0v) is 10.2. The van der Waals surface area contributed by atoms with E-state index in [0.29, 0.717) is 18.7 Å². The lowest BCUT2D eigenvalue weighted by Gasteiger charge is -2.35. The summed E-state index contributed by atoms with van der Waals surface area (Å²) in [5, 5.41) is 10.2. The van der Waals surface area contributed by atoms with Gasteiger partial charge in [0.1, 0.15) is 11.9 Å². The highest BCUT2D eigenvalue weighted by Gasteiger charge is 2.48. The molecule has 2 rings (SSSR count). The first-order valence-electron chi connectivity index (χ1n) is 6.13. The molecule has 6 heteroatoms. The van der Waals surface area contributed by atoms with Crippen LogP contribution in [0.15, 0.2) is 12.4 Å². The van der Waals surface area contributed by atoms with Crippen LogP contribution in [0.1, 0.15) is 37.6 Å². The Morgan fingerprint density at radius 1 is 1.39 bits per heavy atom. The van der Waals surface area contributed by atoms with E-state index >= 15 is 0 Å². The molecule has 0 bridgehead atoms. The number of halogens is 3. The third kappa shape index (κ3) is 2.53. The Labute approximate surface area is 104 Å². The summed E-state index contributed by atoms with van der Waals surface area (Å²) in [5.41, 5.74) is 0. The summed E-state index contributed by atoms with van der Waals surface area (Å²) >= 11 is 0. The van der Waals surface area contributed by atoms with Crippen LogP contribution in [0, 0.1) is 11.8 Å². The largest absolute Gasteiger partial charge is 0.392 e. The van der Waals surface area contributed by atoms with Gasteiger partial charge in [0.05, 0.1) is 5.92 Å². The smallest absolute Gasteiger partial charge is 0.385 e. The fourth-order valence-corrected chi connectivity index (χ4v) is 2.80. The molecule has 0 aliphatic heterocycles. The van der Waals surface area contributed by atoms with Crippen LogP contribution in [0.3, 0.4) is 0 Å². The van der Waals surface area contributed by atoms with E-state index in [1.54, 1.807) is 17.8 Å². The van der Waals surface area contributed by atoms with E-state index in [4.69, 9.17) is 0 Å². The van der Waals surface area contributed by atoms with E-state index in [1.165, 1.54) is 6.20 Å². The molecule has 1 fully saturated rings. The molecule has 0 saturated heterocycles. The maximum Gasteiger partial charge on any atom is 0.392 e. The summed E-state index contributed by atoms with van der Waals surface area (Å²) in [6.45, 7) is 0. The first-order valence-corrected chi connectivity index (χ1v) is 6.13. The van der Waals surface area contributed by atoms with Gasteiger partial charge in [0.25, 0.3) is 0 Å². The van der Waals surface area contributed by atoms with Crippen LogP contribution in [0.4, 0.5) is 13.2 Å². The van der Waals surface area contributed by atoms with Crippen molar-refractivity contribution in [2.24, 2.45) is 18.9 Å². The fourth-order valence-electron chi connectivity index (χ4n) is 2.80. The van der Waals surface area contributed by atoms with E-state index in [9.17, 15) is 18.3 Å². The minimum atomic E-state index is -4.24. The second-order valence-electron chi connectivity index (χ2n) is 4.94. The first-order chi connectivity index (χ1) is 8.41. The van der Waals surface area contributed by atoms with Gasteiger partial charge in [-0.3, -0.25) is 0 Å². The molecule has 3 atom stereocenters. The molecule has 1 N–H and O–H groups in total. The van der Waals surface area contributed by atoms with Crippen molar-refractivity contribution in [1.29, 1.82) is 0 Å². The van der Waals surface area contributed by atoms with Crippen molar-refractivity contribution in [3.63, 3.8) is 0 Å². The van der Waals surface area contributed by atoms with Gasteiger partial charge in [-0.15, -0.1) is 0 Å². The van der Waals surface area contributed by atoms with Crippen LogP contribution < -0.4 is 0 Å². The third-order valence-electron chi connectivity index (χ3n) is 3.77. The molecule has 3 nitrogen and oxygen atoms in total. The van der Waals surface area contributed by atoms with Gasteiger partial charge in [0.2, 0.25) is 0 Å². The number of aliphatic hydroxyl groups is 1. The van der Waals surface area contributed by atoms with E-state index in [1.807, 2.05) is 0 Å². The predicted molar refractivity (Wildman–Crippen MR) is 59.7 cm³/mol. The molecule has 1 heterocycles. The lowest BCUT2D eigenvalue weighted by atomic mass is 9.75. The van der Waals surface area contributed by atoms with Gasteiger partial charge in [-0.25, -0.2) is 4.98 Å². The number of imidazole rings is 1. The Kier molecular flexibility index (Phi) is 3.66. The topological polar surface area (TPSA) is 38.0 Å². The molecule has 0 amide bonds. The van der Waals surface area contributed by atoms with Crippen molar-refractivity contribution in [3.8, 4) is 0 Å². The van der Waals surface area contributed by atoms with Crippen molar-refractivity contribution in [2.75, 3.05) is 0 Å². The van der Waals surface area contributed by atoms with E-state index in [2.05, 4.69) is 4.98 Å². The van der Waals surface area contributed by atoms with Gasteiger partial charge in [0, 0.05) is 25.4 Å². The average Bonchev–Trinajstić information content (AvgIpc) is 2.73. The van der Waals surface area contributed by atoms with Gasteiger partial charge in [0.15, 0.2) is 0 Å². The van der Waals surface area contributed by atoms with E-state index < -0.39 is 24.1 Å². The third-order valence-corrected chi connectivity index (χ3v) is 3.77. The predicted octanol–water partition coefficient (Wildman–Crippen LogP) is 2.82. The van der Waals surface area contributed by atoms with Gasteiger partial charge >= 0.3 is 6.18 Å². The van der Waals surface area contributed by atoms with Crippen molar-refractivity contribution >= 4 is 0 Å². The number of hydrogen-bond donors (Lipinski definition) is 1. The van der Waals surface area contributed by atoms with Gasteiger partial charge in [-0.2, -0.15) is 13.2 Å². The monoisotopic (exact) mass is 262 g/mol. The molecule has 1 aliphatic carbocycles. The summed E-state index contributed by atoms with van der Waals surface area (Å²) < 4.78 is 40.4. The Morgan fingerprint density at radius 2 is 2.06 bits per heavy atom. The van der Waals surface area contributed by atoms with Crippen LogP contribution in [0.2, 0.25) is 0 Å². The van der Waals surface area contributed by atoms with Crippen molar-refractivity contribution in [2.45, 2.75) is 38.0 Å². The summed E-state index contributed by atoms with van der Waals surface area (Å²) in [7, 11) is 1.68. The summed E-state index contributed by atoms with van der Waals surface area (Å²) in [6.07, 6.45) is -0.442. The zero-order valence-electron chi connectivity index (χ0n) is 10.2. The first kappa shape index (κ1) is 13.4. The maximum absolute atomic E-state index is 13.0. The summed E-state index contributed by atoms with van der Waals surface area (Å²) in [5.74, 6) is -1.88. The summed E-state index contributed by atoms with van der Waals surface area (Å²) in [4.78, 5) is 3.95. The SMILES string of the molecule is Cn1ccnc1C(O)C1CCCCC1C(F)(F)F. The van der Waals surface area contributed by atoms with Crippen molar-refractivity contribution in [1.82, 2.24) is 9.55 Å². The number of aromatic nitrogens is 2. The number of rotatable bonds is 2. The molecule has 3 unspecified atom stereocenters. The zero-order chi connectivity index (χ0) is 13.3. The molecule has 102 valence electrons. The molecule has 1 aromatic heterocycles. The second-order valence-corrected chi connectivity index (χ2v) is 4.94. The minimum Gasteiger partial charge on any atom is -0.385 e. The highest BCUT2D eigenvalue weighted by molar-refractivity contribution is 5.00. The van der Waals surface area contributed by atoms with Gasteiger partial charge < -0.3 is 9.67 Å². The van der Waals surface area contributed by atoms with Crippen LogP contribution in [0.5, 0.6) is 0 Å². The Morgan fingerprint density at radius 3 is 2.61 bits per heavy atom. The van der Waals surface area contributed by atoms with E-state index in [0.717, 1.165) is 6.42 Å². The normalized spacial score (nSPS) is 27.2. The lowest BCUT2D eigenvalue weighted by molar-refractivity contribution is -0.207. The minimum absolute atomic E-state index is 0.107. The lowest BCUT2D eigenvalue weighted by Crippen LogP contribution is -2.36. The molecule has 1 aromatic rings.